The van der Waals surface area contributed by atoms with Gasteiger partial charge in [-0.05, 0) is 27.1 Å². The SMILES string of the molecule is Cn1nnnc1SCC1=C(C(=O)OC(c2ccccc2)c2ccccc2)N2C(=O)C(NC(=O)CBr)C2SC1. The third-order valence-electron chi connectivity index (χ3n) is 6.06. The second kappa shape index (κ2) is 11.7. The number of aryl methyl sites for hydroxylation is 1. The van der Waals surface area contributed by atoms with Crippen molar-refractivity contribution in [1.29, 1.82) is 0 Å². The maximum absolute atomic E-state index is 13.9. The first-order valence-corrected chi connectivity index (χ1v) is 14.8. The number of rotatable bonds is 9. The van der Waals surface area contributed by atoms with Gasteiger partial charge in [-0.3, -0.25) is 14.5 Å². The fourth-order valence-electron chi connectivity index (χ4n) is 4.24. The molecule has 1 fully saturated rings. The number of hydrogen-bond donors (Lipinski definition) is 1. The van der Waals surface area contributed by atoms with Gasteiger partial charge >= 0.3 is 5.97 Å². The average molecular weight is 616 g/mol. The summed E-state index contributed by atoms with van der Waals surface area (Å²) in [6, 6.07) is 18.2. The number of benzene rings is 2. The standard InChI is InChI=1S/C25H23BrN6O4S2/c1-31-25(28-29-30-31)38-14-17-13-37-23-19(27-18(33)12-26)22(34)32(23)20(17)24(35)36-21(15-8-4-2-5-9-15)16-10-6-3-7-11-16/h2-11,19,21,23H,12-14H2,1H3,(H,27,33). The molecule has 2 unspecified atom stereocenters. The number of hydrogen-bond acceptors (Lipinski definition) is 9. The third kappa shape index (κ3) is 5.36. The summed E-state index contributed by atoms with van der Waals surface area (Å²) in [6.07, 6.45) is -0.664. The molecule has 10 nitrogen and oxygen atoms in total. The number of amides is 2. The number of β-lactam (4-membered cyclic amide) rings is 1. The van der Waals surface area contributed by atoms with Crippen molar-refractivity contribution >= 4 is 57.2 Å². The van der Waals surface area contributed by atoms with Gasteiger partial charge in [-0.1, -0.05) is 88.4 Å². The summed E-state index contributed by atoms with van der Waals surface area (Å²) in [6.45, 7) is 0. The fraction of sp³-hybridized carbons (Fsp3) is 0.280. The fourth-order valence-corrected chi connectivity index (χ4v) is 6.73. The molecule has 2 aliphatic rings. The molecular weight excluding hydrogens is 592 g/mol. The van der Waals surface area contributed by atoms with Gasteiger partial charge in [-0.25, -0.2) is 9.48 Å². The van der Waals surface area contributed by atoms with E-state index in [4.69, 9.17) is 4.74 Å². The van der Waals surface area contributed by atoms with E-state index >= 15 is 0 Å². The highest BCUT2D eigenvalue weighted by Gasteiger charge is 2.54. The summed E-state index contributed by atoms with van der Waals surface area (Å²) in [5.41, 5.74) is 2.58. The van der Waals surface area contributed by atoms with Crippen LogP contribution < -0.4 is 5.32 Å². The van der Waals surface area contributed by atoms with E-state index in [9.17, 15) is 14.4 Å². The predicted molar refractivity (Wildman–Crippen MR) is 146 cm³/mol. The molecule has 2 atom stereocenters. The number of nitrogens with zero attached hydrogens (tertiary/aromatic N) is 5. The largest absolute Gasteiger partial charge is 0.448 e. The molecule has 1 saturated heterocycles. The van der Waals surface area contributed by atoms with Gasteiger partial charge < -0.3 is 10.1 Å². The Morgan fingerprint density at radius 2 is 1.82 bits per heavy atom. The van der Waals surface area contributed by atoms with Crippen molar-refractivity contribution in [2.75, 3.05) is 16.8 Å². The molecule has 196 valence electrons. The first-order chi connectivity index (χ1) is 18.5. The zero-order valence-corrected chi connectivity index (χ0v) is 23.4. The third-order valence-corrected chi connectivity index (χ3v) is 9.01. The molecule has 5 rings (SSSR count). The number of alkyl halides is 1. The summed E-state index contributed by atoms with van der Waals surface area (Å²) < 4.78 is 7.69. The Bertz CT molecular complexity index is 1330. The highest BCUT2D eigenvalue weighted by molar-refractivity contribution is 9.09. The van der Waals surface area contributed by atoms with Gasteiger partial charge in [-0.15, -0.1) is 16.9 Å². The lowest BCUT2D eigenvalue weighted by Gasteiger charge is -2.49. The van der Waals surface area contributed by atoms with Gasteiger partial charge in [0.25, 0.3) is 5.91 Å². The van der Waals surface area contributed by atoms with Crippen LogP contribution in [-0.2, 0) is 26.2 Å². The maximum atomic E-state index is 13.9. The number of tetrazole rings is 1. The van der Waals surface area contributed by atoms with E-state index in [1.54, 1.807) is 11.7 Å². The van der Waals surface area contributed by atoms with E-state index in [1.807, 2.05) is 60.7 Å². The molecule has 13 heteroatoms. The van der Waals surface area contributed by atoms with E-state index in [-0.39, 0.29) is 22.8 Å². The highest BCUT2D eigenvalue weighted by atomic mass is 79.9. The number of esters is 1. The number of thioether (sulfide) groups is 2. The number of fused-ring (bicyclic) bond motifs is 1. The van der Waals surface area contributed by atoms with Gasteiger partial charge in [0.1, 0.15) is 17.1 Å². The van der Waals surface area contributed by atoms with E-state index in [0.29, 0.717) is 16.7 Å². The minimum atomic E-state index is -0.705. The average Bonchev–Trinajstić information content (AvgIpc) is 3.37. The van der Waals surface area contributed by atoms with Crippen molar-refractivity contribution < 1.29 is 19.1 Å². The number of ether oxygens (including phenoxy) is 1. The Morgan fingerprint density at radius 1 is 1.16 bits per heavy atom. The van der Waals surface area contributed by atoms with Gasteiger partial charge in [-0.2, -0.15) is 0 Å². The van der Waals surface area contributed by atoms with Crippen molar-refractivity contribution in [3.05, 3.63) is 83.1 Å². The molecule has 1 aromatic heterocycles. The summed E-state index contributed by atoms with van der Waals surface area (Å²) in [4.78, 5) is 40.5. The van der Waals surface area contributed by atoms with Crippen LogP contribution in [0.2, 0.25) is 0 Å². The first kappa shape index (κ1) is 26.4. The molecule has 0 radical (unpaired) electrons. The van der Waals surface area contributed by atoms with E-state index < -0.39 is 23.5 Å². The second-order valence-electron chi connectivity index (χ2n) is 8.52. The molecule has 0 aliphatic carbocycles. The van der Waals surface area contributed by atoms with Crippen molar-refractivity contribution in [1.82, 2.24) is 30.4 Å². The second-order valence-corrected chi connectivity index (χ2v) is 11.1. The molecule has 2 aromatic carbocycles. The lowest BCUT2D eigenvalue weighted by atomic mass is 10.0. The molecule has 2 amide bonds. The van der Waals surface area contributed by atoms with Crippen LogP contribution in [0.3, 0.4) is 0 Å². The molecule has 0 spiro atoms. The van der Waals surface area contributed by atoms with Crippen LogP contribution in [0.4, 0.5) is 0 Å². The van der Waals surface area contributed by atoms with Crippen LogP contribution in [-0.4, -0.2) is 71.1 Å². The Kier molecular flexibility index (Phi) is 8.15. The lowest BCUT2D eigenvalue weighted by Crippen LogP contribution is -2.70. The molecule has 0 bridgehead atoms. The van der Waals surface area contributed by atoms with Crippen LogP contribution in [0.25, 0.3) is 0 Å². The zero-order valence-electron chi connectivity index (χ0n) is 20.2. The molecule has 38 heavy (non-hydrogen) atoms. The quantitative estimate of drug-likeness (QED) is 0.168. The molecule has 1 N–H and O–H groups in total. The monoisotopic (exact) mass is 614 g/mol. The minimum Gasteiger partial charge on any atom is -0.448 e. The molecule has 2 aliphatic heterocycles. The minimum absolute atomic E-state index is 0.0857. The van der Waals surface area contributed by atoms with Crippen molar-refractivity contribution in [2.24, 2.45) is 7.05 Å². The van der Waals surface area contributed by atoms with E-state index in [0.717, 1.165) is 16.7 Å². The van der Waals surface area contributed by atoms with Crippen LogP contribution in [0.5, 0.6) is 0 Å². The number of halogens is 1. The smallest absolute Gasteiger partial charge is 0.356 e. The number of carbonyl (C=O) groups excluding carboxylic acids is 3. The molecule has 3 aromatic rings. The van der Waals surface area contributed by atoms with Gasteiger partial charge in [0.15, 0.2) is 6.10 Å². The predicted octanol–water partition coefficient (Wildman–Crippen LogP) is 2.68. The first-order valence-electron chi connectivity index (χ1n) is 11.7. The Balaban J connectivity index is 1.47. The summed E-state index contributed by atoms with van der Waals surface area (Å²) in [7, 11) is 1.73. The highest BCUT2D eigenvalue weighted by Crippen LogP contribution is 2.42. The normalized spacial score (nSPS) is 18.7. The van der Waals surface area contributed by atoms with E-state index in [2.05, 4.69) is 36.8 Å². The summed E-state index contributed by atoms with van der Waals surface area (Å²) >= 11 is 5.99. The Labute approximate surface area is 235 Å². The van der Waals surface area contributed by atoms with Crippen LogP contribution >= 0.6 is 39.5 Å². The van der Waals surface area contributed by atoms with Crippen molar-refractivity contribution in [2.45, 2.75) is 22.7 Å². The Morgan fingerprint density at radius 3 is 2.39 bits per heavy atom. The molecule has 3 heterocycles. The van der Waals surface area contributed by atoms with Crippen molar-refractivity contribution in [3.63, 3.8) is 0 Å². The van der Waals surface area contributed by atoms with Gasteiger partial charge in [0, 0.05) is 18.6 Å². The lowest BCUT2D eigenvalue weighted by molar-refractivity contribution is -0.154. The van der Waals surface area contributed by atoms with E-state index in [1.165, 1.54) is 28.4 Å². The van der Waals surface area contributed by atoms with Gasteiger partial charge in [0.2, 0.25) is 11.1 Å². The van der Waals surface area contributed by atoms with Gasteiger partial charge in [0.05, 0.1) is 5.33 Å². The zero-order chi connectivity index (χ0) is 26.6. The number of nitrogens with one attached hydrogen (secondary N) is 1. The van der Waals surface area contributed by atoms with Crippen LogP contribution in [0, 0.1) is 0 Å². The number of carbonyl (C=O) groups is 3. The van der Waals surface area contributed by atoms with Crippen molar-refractivity contribution in [3.8, 4) is 0 Å². The molecule has 0 saturated carbocycles. The van der Waals surface area contributed by atoms with Crippen LogP contribution in [0.1, 0.15) is 17.2 Å². The Hall–Kier alpha value is -3.16. The summed E-state index contributed by atoms with van der Waals surface area (Å²) in [5.74, 6) is -0.359. The summed E-state index contributed by atoms with van der Waals surface area (Å²) in [5, 5.41) is 14.5. The number of aromatic nitrogens is 4. The molecular formula is C25H23BrN6O4S2. The topological polar surface area (TPSA) is 119 Å². The van der Waals surface area contributed by atoms with Crippen LogP contribution in [0.15, 0.2) is 77.1 Å². The maximum Gasteiger partial charge on any atom is 0.356 e.